The van der Waals surface area contributed by atoms with Crippen LogP contribution in [-0.4, -0.2) is 46.2 Å². The first-order valence-electron chi connectivity index (χ1n) is 9.30. The van der Waals surface area contributed by atoms with Gasteiger partial charge in [-0.2, -0.15) is 0 Å². The number of hydrogen-bond donors (Lipinski definition) is 1. The normalized spacial score (nSPS) is 15.7. The van der Waals surface area contributed by atoms with E-state index in [1.165, 1.54) is 32.2 Å². The average molecular weight is 520 g/mol. The van der Waals surface area contributed by atoms with E-state index in [4.69, 9.17) is 9.84 Å². The first-order valence-corrected chi connectivity index (χ1v) is 10.9. The molecule has 0 aromatic heterocycles. The highest BCUT2D eigenvalue weighted by atomic mass is 79.9. The van der Waals surface area contributed by atoms with E-state index in [1.807, 2.05) is 0 Å². The van der Waals surface area contributed by atoms with Crippen LogP contribution in [-0.2, 0) is 20.9 Å². The molecule has 32 heavy (non-hydrogen) atoms. The molecule has 3 rings (SSSR count). The Balaban J connectivity index is 1.82. The second-order valence-corrected chi connectivity index (χ2v) is 8.63. The van der Waals surface area contributed by atoms with Gasteiger partial charge in [0.25, 0.3) is 11.1 Å². The Morgan fingerprint density at radius 2 is 1.88 bits per heavy atom. The van der Waals surface area contributed by atoms with Gasteiger partial charge in [0.05, 0.1) is 17.6 Å². The molecule has 0 aliphatic carbocycles. The van der Waals surface area contributed by atoms with E-state index < -0.39 is 29.1 Å². The second-order valence-electron chi connectivity index (χ2n) is 6.72. The van der Waals surface area contributed by atoms with Crippen LogP contribution in [0.5, 0.6) is 5.75 Å². The summed E-state index contributed by atoms with van der Waals surface area (Å²) < 4.78 is 11.2. The number of esters is 1. The monoisotopic (exact) mass is 519 g/mol. The first kappa shape index (κ1) is 23.6. The lowest BCUT2D eigenvalue weighted by molar-refractivity contribution is -0.148. The van der Waals surface area contributed by atoms with E-state index >= 15 is 0 Å². The van der Waals surface area contributed by atoms with Crippen molar-refractivity contribution in [3.8, 4) is 5.75 Å². The molecule has 2 aromatic carbocycles. The maximum absolute atomic E-state index is 12.8. The minimum absolute atomic E-state index is 0.152. The average Bonchev–Trinajstić information content (AvgIpc) is 3.05. The molecule has 1 fully saturated rings. The number of carboxylic acids is 1. The predicted octanol–water partition coefficient (Wildman–Crippen LogP) is 4.32. The number of carbonyl (C=O) groups excluding carboxylic acids is 3. The molecule has 2 aromatic rings. The summed E-state index contributed by atoms with van der Waals surface area (Å²) in [6, 6.07) is 10.5. The van der Waals surface area contributed by atoms with Crippen molar-refractivity contribution >= 4 is 56.9 Å². The van der Waals surface area contributed by atoms with Crippen molar-refractivity contribution in [1.29, 1.82) is 0 Å². The Morgan fingerprint density at radius 3 is 2.50 bits per heavy atom. The number of thioether (sulfide) groups is 1. The number of methoxy groups -OCH3 is 1. The van der Waals surface area contributed by atoms with E-state index in [2.05, 4.69) is 20.7 Å². The first-order chi connectivity index (χ1) is 15.2. The molecule has 1 atom stereocenters. The van der Waals surface area contributed by atoms with Crippen LogP contribution in [0.4, 0.5) is 4.79 Å². The Bertz CT molecular complexity index is 1110. The SMILES string of the molecule is COC(=O)[C@H](C)N1C(=O)S/C(=C/c2cc(Br)ccc2OCc2ccc(C(=O)O)cc2)C1=O. The van der Waals surface area contributed by atoms with Crippen LogP contribution in [0.3, 0.4) is 0 Å². The lowest BCUT2D eigenvalue weighted by Crippen LogP contribution is -2.42. The summed E-state index contributed by atoms with van der Waals surface area (Å²) in [6.45, 7) is 1.59. The molecular weight excluding hydrogens is 502 g/mol. The van der Waals surface area contributed by atoms with Gasteiger partial charge in [0, 0.05) is 10.0 Å². The van der Waals surface area contributed by atoms with Crippen LogP contribution in [0.15, 0.2) is 51.8 Å². The van der Waals surface area contributed by atoms with Gasteiger partial charge in [0.2, 0.25) is 0 Å². The summed E-state index contributed by atoms with van der Waals surface area (Å²) in [4.78, 5) is 48.8. The maximum atomic E-state index is 12.8. The van der Waals surface area contributed by atoms with Crippen LogP contribution >= 0.6 is 27.7 Å². The highest BCUT2D eigenvalue weighted by molar-refractivity contribution is 9.10. The van der Waals surface area contributed by atoms with Crippen molar-refractivity contribution < 1.29 is 33.8 Å². The number of ether oxygens (including phenoxy) is 2. The quantitative estimate of drug-likeness (QED) is 0.425. The Labute approximate surface area is 196 Å². The largest absolute Gasteiger partial charge is 0.488 e. The molecule has 8 nitrogen and oxygen atoms in total. The van der Waals surface area contributed by atoms with E-state index in [0.717, 1.165) is 26.7 Å². The third kappa shape index (κ3) is 5.20. The van der Waals surface area contributed by atoms with Crippen molar-refractivity contribution in [1.82, 2.24) is 4.90 Å². The highest BCUT2D eigenvalue weighted by Crippen LogP contribution is 2.36. The van der Waals surface area contributed by atoms with Crippen molar-refractivity contribution in [3.05, 3.63) is 68.5 Å². The molecule has 1 aliphatic rings. The van der Waals surface area contributed by atoms with E-state index in [1.54, 1.807) is 30.3 Å². The number of carbonyl (C=O) groups is 4. The zero-order valence-corrected chi connectivity index (χ0v) is 19.4. The molecule has 0 saturated carbocycles. The van der Waals surface area contributed by atoms with Gasteiger partial charge >= 0.3 is 11.9 Å². The smallest absolute Gasteiger partial charge is 0.335 e. The van der Waals surface area contributed by atoms with E-state index in [-0.39, 0.29) is 17.1 Å². The van der Waals surface area contributed by atoms with Crippen molar-refractivity contribution in [2.24, 2.45) is 0 Å². The number of benzene rings is 2. The molecule has 0 unspecified atom stereocenters. The molecule has 1 heterocycles. The fraction of sp³-hybridized carbons (Fsp3) is 0.182. The van der Waals surface area contributed by atoms with Crippen LogP contribution in [0.1, 0.15) is 28.4 Å². The highest BCUT2D eigenvalue weighted by Gasteiger charge is 2.41. The molecule has 10 heteroatoms. The molecule has 1 N–H and O–H groups in total. The topological polar surface area (TPSA) is 110 Å². The molecule has 0 radical (unpaired) electrons. The summed E-state index contributed by atoms with van der Waals surface area (Å²) in [5, 5.41) is 8.43. The van der Waals surface area contributed by atoms with Gasteiger partial charge in [0.1, 0.15) is 18.4 Å². The number of carboxylic acid groups (broad SMARTS) is 1. The summed E-state index contributed by atoms with van der Waals surface area (Å²) in [7, 11) is 1.19. The number of nitrogens with zero attached hydrogens (tertiary/aromatic N) is 1. The maximum Gasteiger partial charge on any atom is 0.335 e. The minimum Gasteiger partial charge on any atom is -0.488 e. The Hall–Kier alpha value is -3.11. The van der Waals surface area contributed by atoms with Crippen LogP contribution in [0.25, 0.3) is 6.08 Å². The van der Waals surface area contributed by atoms with Crippen LogP contribution in [0, 0.1) is 0 Å². The predicted molar refractivity (Wildman–Crippen MR) is 121 cm³/mol. The number of hydrogen-bond acceptors (Lipinski definition) is 7. The Kier molecular flexibility index (Phi) is 7.37. The lowest BCUT2D eigenvalue weighted by atomic mass is 10.1. The fourth-order valence-corrected chi connectivity index (χ4v) is 4.18. The van der Waals surface area contributed by atoms with Gasteiger partial charge in [-0.05, 0) is 60.7 Å². The third-order valence-corrected chi connectivity index (χ3v) is 5.98. The van der Waals surface area contributed by atoms with E-state index in [9.17, 15) is 19.2 Å². The number of amides is 2. The van der Waals surface area contributed by atoms with Gasteiger partial charge in [-0.3, -0.25) is 14.5 Å². The number of rotatable bonds is 7. The summed E-state index contributed by atoms with van der Waals surface area (Å²) in [5.74, 6) is -1.83. The zero-order valence-electron chi connectivity index (χ0n) is 17.0. The molecule has 2 amide bonds. The lowest BCUT2D eigenvalue weighted by Gasteiger charge is -2.18. The van der Waals surface area contributed by atoms with Gasteiger partial charge in [-0.1, -0.05) is 28.1 Å². The zero-order chi connectivity index (χ0) is 23.4. The molecule has 0 spiro atoms. The van der Waals surface area contributed by atoms with Crippen LogP contribution in [0.2, 0.25) is 0 Å². The molecule has 166 valence electrons. The molecule has 1 saturated heterocycles. The van der Waals surface area contributed by atoms with Crippen LogP contribution < -0.4 is 4.74 Å². The molecular formula is C22H18BrNO7S. The van der Waals surface area contributed by atoms with Crippen molar-refractivity contribution in [2.75, 3.05) is 7.11 Å². The second kappa shape index (κ2) is 10.0. The Morgan fingerprint density at radius 1 is 1.19 bits per heavy atom. The molecule has 1 aliphatic heterocycles. The van der Waals surface area contributed by atoms with E-state index in [0.29, 0.717) is 11.3 Å². The fourth-order valence-electron chi connectivity index (χ4n) is 2.90. The van der Waals surface area contributed by atoms with Gasteiger partial charge < -0.3 is 14.6 Å². The third-order valence-electron chi connectivity index (χ3n) is 4.61. The summed E-state index contributed by atoms with van der Waals surface area (Å²) in [5.41, 5.74) is 1.49. The number of halogens is 1. The van der Waals surface area contributed by atoms with Crippen molar-refractivity contribution in [2.45, 2.75) is 19.6 Å². The molecule has 0 bridgehead atoms. The van der Waals surface area contributed by atoms with Gasteiger partial charge in [0.15, 0.2) is 0 Å². The summed E-state index contributed by atoms with van der Waals surface area (Å²) >= 11 is 4.11. The van der Waals surface area contributed by atoms with Crippen molar-refractivity contribution in [3.63, 3.8) is 0 Å². The minimum atomic E-state index is -1.04. The number of imide groups is 1. The number of aromatic carboxylic acids is 1. The van der Waals surface area contributed by atoms with Gasteiger partial charge in [-0.25, -0.2) is 9.59 Å². The van der Waals surface area contributed by atoms with Gasteiger partial charge in [-0.15, -0.1) is 0 Å². The summed E-state index contributed by atoms with van der Waals surface area (Å²) in [6.07, 6.45) is 1.53. The standard InChI is InChI=1S/C22H18BrNO7S/c1-12(21(28)30-2)24-19(25)18(32-22(24)29)10-15-9-16(23)7-8-17(15)31-11-13-3-5-14(6-4-13)20(26)27/h3-10,12H,11H2,1-2H3,(H,26,27)/b18-10+/t12-/m0/s1.